The SMILES string of the molecule is O=C(OCCN1CCS(=O)(=O)CC1)c1cccc2c1CCCC2. The summed E-state index contributed by atoms with van der Waals surface area (Å²) in [5.41, 5.74) is 3.11. The van der Waals surface area contributed by atoms with Crippen molar-refractivity contribution in [2.75, 3.05) is 37.7 Å². The molecule has 2 aliphatic rings. The van der Waals surface area contributed by atoms with Crippen molar-refractivity contribution in [3.05, 3.63) is 34.9 Å². The quantitative estimate of drug-likeness (QED) is 0.778. The molecule has 1 fully saturated rings. The number of hydrogen-bond donors (Lipinski definition) is 0. The van der Waals surface area contributed by atoms with Gasteiger partial charge in [0.05, 0.1) is 17.1 Å². The molecule has 3 rings (SSSR count). The Balaban J connectivity index is 1.52. The summed E-state index contributed by atoms with van der Waals surface area (Å²) in [7, 11) is -2.86. The molecule has 1 saturated heterocycles. The van der Waals surface area contributed by atoms with Crippen LogP contribution in [0.25, 0.3) is 0 Å². The van der Waals surface area contributed by atoms with Gasteiger partial charge in [-0.25, -0.2) is 13.2 Å². The number of carbonyl (C=O) groups excluding carboxylic acids is 1. The second-order valence-electron chi connectivity index (χ2n) is 6.28. The largest absolute Gasteiger partial charge is 0.461 e. The standard InChI is InChI=1S/C17H23NO4S/c19-17(16-7-3-5-14-4-1-2-6-15(14)16)22-11-8-18-9-12-23(20,21)13-10-18/h3,5,7H,1-2,4,6,8-13H2. The molecule has 0 radical (unpaired) electrons. The van der Waals surface area contributed by atoms with Crippen molar-refractivity contribution >= 4 is 15.8 Å². The molecular formula is C17H23NO4S. The zero-order chi connectivity index (χ0) is 16.3. The highest BCUT2D eigenvalue weighted by molar-refractivity contribution is 7.91. The maximum atomic E-state index is 12.3. The third kappa shape index (κ3) is 4.12. The highest BCUT2D eigenvalue weighted by Gasteiger charge is 2.22. The molecule has 1 heterocycles. The Labute approximate surface area is 137 Å². The molecule has 6 heteroatoms. The van der Waals surface area contributed by atoms with Gasteiger partial charge in [0.2, 0.25) is 0 Å². The Morgan fingerprint density at radius 3 is 2.65 bits per heavy atom. The molecule has 0 amide bonds. The number of aryl methyl sites for hydroxylation is 1. The lowest BCUT2D eigenvalue weighted by Gasteiger charge is -2.26. The average Bonchev–Trinajstić information content (AvgIpc) is 2.56. The number of rotatable bonds is 4. The van der Waals surface area contributed by atoms with E-state index < -0.39 is 9.84 Å². The lowest BCUT2D eigenvalue weighted by molar-refractivity contribution is 0.0464. The zero-order valence-corrected chi connectivity index (χ0v) is 14.1. The number of sulfone groups is 1. The minimum Gasteiger partial charge on any atom is -0.461 e. The lowest BCUT2D eigenvalue weighted by atomic mass is 9.88. The van der Waals surface area contributed by atoms with Gasteiger partial charge < -0.3 is 4.74 Å². The van der Waals surface area contributed by atoms with E-state index in [2.05, 4.69) is 6.07 Å². The molecule has 0 aromatic heterocycles. The smallest absolute Gasteiger partial charge is 0.338 e. The number of esters is 1. The van der Waals surface area contributed by atoms with Crippen LogP contribution in [-0.4, -0.2) is 57.0 Å². The molecule has 0 saturated carbocycles. The van der Waals surface area contributed by atoms with E-state index in [1.807, 2.05) is 17.0 Å². The van der Waals surface area contributed by atoms with Crippen molar-refractivity contribution in [3.8, 4) is 0 Å². The van der Waals surface area contributed by atoms with Gasteiger partial charge in [0.25, 0.3) is 0 Å². The van der Waals surface area contributed by atoms with Crippen LogP contribution in [0.2, 0.25) is 0 Å². The van der Waals surface area contributed by atoms with E-state index in [0.29, 0.717) is 31.8 Å². The molecule has 0 bridgehead atoms. The monoisotopic (exact) mass is 337 g/mol. The second kappa shape index (κ2) is 7.01. The Morgan fingerprint density at radius 1 is 1.13 bits per heavy atom. The molecule has 0 N–H and O–H groups in total. The van der Waals surface area contributed by atoms with Crippen LogP contribution in [0.1, 0.15) is 34.3 Å². The Kier molecular flexibility index (Phi) is 5.02. The maximum Gasteiger partial charge on any atom is 0.338 e. The fourth-order valence-electron chi connectivity index (χ4n) is 3.29. The predicted molar refractivity (Wildman–Crippen MR) is 88.5 cm³/mol. The number of carbonyl (C=O) groups is 1. The molecular weight excluding hydrogens is 314 g/mol. The average molecular weight is 337 g/mol. The van der Waals surface area contributed by atoms with Crippen molar-refractivity contribution in [2.24, 2.45) is 0 Å². The molecule has 126 valence electrons. The van der Waals surface area contributed by atoms with Crippen LogP contribution >= 0.6 is 0 Å². The van der Waals surface area contributed by atoms with Crippen LogP contribution in [0.4, 0.5) is 0 Å². The lowest BCUT2D eigenvalue weighted by Crippen LogP contribution is -2.41. The van der Waals surface area contributed by atoms with Gasteiger partial charge in [-0.05, 0) is 42.9 Å². The number of ether oxygens (including phenoxy) is 1. The fourth-order valence-corrected chi connectivity index (χ4v) is 4.57. The van der Waals surface area contributed by atoms with E-state index in [9.17, 15) is 13.2 Å². The van der Waals surface area contributed by atoms with Crippen LogP contribution in [0.5, 0.6) is 0 Å². The Morgan fingerprint density at radius 2 is 1.87 bits per heavy atom. The van der Waals surface area contributed by atoms with Gasteiger partial charge in [-0.15, -0.1) is 0 Å². The Hall–Kier alpha value is -1.40. The van der Waals surface area contributed by atoms with Crippen LogP contribution < -0.4 is 0 Å². The van der Waals surface area contributed by atoms with Crippen molar-refractivity contribution in [1.29, 1.82) is 0 Å². The van der Waals surface area contributed by atoms with Gasteiger partial charge in [0.1, 0.15) is 6.61 Å². The minimum atomic E-state index is -2.86. The van der Waals surface area contributed by atoms with Crippen LogP contribution in [0.3, 0.4) is 0 Å². The first-order valence-electron chi connectivity index (χ1n) is 8.26. The van der Waals surface area contributed by atoms with Crippen molar-refractivity contribution in [1.82, 2.24) is 4.90 Å². The number of fused-ring (bicyclic) bond motifs is 1. The highest BCUT2D eigenvalue weighted by Crippen LogP contribution is 2.24. The molecule has 1 aromatic rings. The van der Waals surface area contributed by atoms with Crippen molar-refractivity contribution in [3.63, 3.8) is 0 Å². The molecule has 1 aromatic carbocycles. The summed E-state index contributed by atoms with van der Waals surface area (Å²) < 4.78 is 28.2. The first kappa shape index (κ1) is 16.5. The predicted octanol–water partition coefficient (Wildman–Crippen LogP) is 1.45. The summed E-state index contributed by atoms with van der Waals surface area (Å²) in [5.74, 6) is 0.147. The Bertz CT molecular complexity index is 670. The van der Waals surface area contributed by atoms with E-state index >= 15 is 0 Å². The summed E-state index contributed by atoms with van der Waals surface area (Å²) in [5, 5.41) is 0. The molecule has 23 heavy (non-hydrogen) atoms. The summed E-state index contributed by atoms with van der Waals surface area (Å²) in [6.07, 6.45) is 4.30. The second-order valence-corrected chi connectivity index (χ2v) is 8.58. The maximum absolute atomic E-state index is 12.3. The molecule has 5 nitrogen and oxygen atoms in total. The molecule has 0 unspecified atom stereocenters. The van der Waals surface area contributed by atoms with Crippen LogP contribution in [0, 0.1) is 0 Å². The van der Waals surface area contributed by atoms with Gasteiger partial charge in [-0.2, -0.15) is 0 Å². The topological polar surface area (TPSA) is 63.7 Å². The summed E-state index contributed by atoms with van der Waals surface area (Å²) in [6.45, 7) is 1.96. The van der Waals surface area contributed by atoms with E-state index in [-0.39, 0.29) is 17.5 Å². The number of nitrogens with zero attached hydrogens (tertiary/aromatic N) is 1. The summed E-state index contributed by atoms with van der Waals surface area (Å²) >= 11 is 0. The molecule has 1 aliphatic carbocycles. The van der Waals surface area contributed by atoms with Crippen molar-refractivity contribution in [2.45, 2.75) is 25.7 Å². The first-order chi connectivity index (χ1) is 11.1. The van der Waals surface area contributed by atoms with Gasteiger partial charge >= 0.3 is 5.97 Å². The van der Waals surface area contributed by atoms with E-state index in [4.69, 9.17) is 4.74 Å². The molecule has 1 aliphatic heterocycles. The summed E-state index contributed by atoms with van der Waals surface area (Å²) in [6, 6.07) is 5.87. The van der Waals surface area contributed by atoms with Gasteiger partial charge in [-0.1, -0.05) is 12.1 Å². The van der Waals surface area contributed by atoms with Gasteiger partial charge in [-0.3, -0.25) is 4.90 Å². The third-order valence-electron chi connectivity index (χ3n) is 4.69. The number of hydrogen-bond acceptors (Lipinski definition) is 5. The van der Waals surface area contributed by atoms with Crippen LogP contribution in [-0.2, 0) is 27.4 Å². The zero-order valence-electron chi connectivity index (χ0n) is 13.3. The summed E-state index contributed by atoms with van der Waals surface area (Å²) in [4.78, 5) is 14.4. The van der Waals surface area contributed by atoms with Crippen LogP contribution in [0.15, 0.2) is 18.2 Å². The van der Waals surface area contributed by atoms with E-state index in [1.165, 1.54) is 12.0 Å². The highest BCUT2D eigenvalue weighted by atomic mass is 32.2. The number of benzene rings is 1. The first-order valence-corrected chi connectivity index (χ1v) is 10.1. The van der Waals surface area contributed by atoms with Gasteiger partial charge in [0, 0.05) is 19.6 Å². The van der Waals surface area contributed by atoms with Crippen molar-refractivity contribution < 1.29 is 17.9 Å². The normalized spacial score (nSPS) is 20.7. The molecule has 0 atom stereocenters. The van der Waals surface area contributed by atoms with Gasteiger partial charge in [0.15, 0.2) is 9.84 Å². The third-order valence-corrected chi connectivity index (χ3v) is 6.30. The molecule has 0 spiro atoms. The minimum absolute atomic E-state index is 0.202. The fraction of sp³-hybridized carbons (Fsp3) is 0.588. The van der Waals surface area contributed by atoms with E-state index in [1.54, 1.807) is 0 Å². The van der Waals surface area contributed by atoms with E-state index in [0.717, 1.165) is 24.8 Å².